The molecule has 1 fully saturated rings. The van der Waals surface area contributed by atoms with Crippen molar-refractivity contribution in [2.75, 3.05) is 13.1 Å². The van der Waals surface area contributed by atoms with Gasteiger partial charge in [-0.15, -0.1) is 5.10 Å². The second-order valence-electron chi connectivity index (χ2n) is 5.13. The van der Waals surface area contributed by atoms with E-state index in [1.165, 1.54) is 0 Å². The summed E-state index contributed by atoms with van der Waals surface area (Å²) in [6.07, 6.45) is 5.74. The number of aromatic nitrogens is 4. The molecule has 1 saturated heterocycles. The number of Topliss-reactive ketones (excluding diaryl/α,β-unsaturated/α-hetero) is 1. The van der Waals surface area contributed by atoms with Gasteiger partial charge in [0.25, 0.3) is 0 Å². The van der Waals surface area contributed by atoms with Crippen molar-refractivity contribution in [3.8, 4) is 0 Å². The summed E-state index contributed by atoms with van der Waals surface area (Å²) in [7, 11) is 0. The normalized spacial score (nSPS) is 16.0. The van der Waals surface area contributed by atoms with E-state index in [1.807, 2.05) is 16.8 Å². The Kier molecular flexibility index (Phi) is 4.40. The second-order valence-corrected chi connectivity index (χ2v) is 6.05. The molecule has 1 aliphatic rings. The van der Waals surface area contributed by atoms with E-state index in [9.17, 15) is 4.79 Å². The molecule has 7 heteroatoms. The summed E-state index contributed by atoms with van der Waals surface area (Å²) in [5.41, 5.74) is 1.15. The van der Waals surface area contributed by atoms with E-state index < -0.39 is 0 Å². The van der Waals surface area contributed by atoms with Crippen LogP contribution in [0.5, 0.6) is 0 Å². The van der Waals surface area contributed by atoms with E-state index in [1.54, 1.807) is 12.4 Å². The molecule has 0 unspecified atom stereocenters. The van der Waals surface area contributed by atoms with E-state index in [4.69, 9.17) is 0 Å². The van der Waals surface area contributed by atoms with Gasteiger partial charge < -0.3 is 5.32 Å². The first-order valence-corrected chi connectivity index (χ1v) is 7.78. The molecule has 21 heavy (non-hydrogen) atoms. The lowest BCUT2D eigenvalue weighted by molar-refractivity contribution is 0.0987. The maximum Gasteiger partial charge on any atom is 0.190 e. The van der Waals surface area contributed by atoms with Gasteiger partial charge in [-0.05, 0) is 54.0 Å². The van der Waals surface area contributed by atoms with Crippen molar-refractivity contribution in [3.63, 3.8) is 0 Å². The summed E-state index contributed by atoms with van der Waals surface area (Å²) in [4.78, 5) is 16.4. The highest BCUT2D eigenvalue weighted by Crippen LogP contribution is 2.17. The molecule has 3 heterocycles. The van der Waals surface area contributed by atoms with Crippen molar-refractivity contribution < 1.29 is 4.79 Å². The molecule has 110 valence electrons. The molecule has 1 aliphatic heterocycles. The maximum absolute atomic E-state index is 12.2. The minimum Gasteiger partial charge on any atom is -0.317 e. The van der Waals surface area contributed by atoms with Gasteiger partial charge in [0, 0.05) is 16.4 Å². The quantitative estimate of drug-likeness (QED) is 0.851. The molecular formula is C14H16BrN5O. The van der Waals surface area contributed by atoms with Gasteiger partial charge in [0.05, 0.1) is 18.7 Å². The van der Waals surface area contributed by atoms with E-state index in [-0.39, 0.29) is 12.2 Å². The third-order valence-corrected chi connectivity index (χ3v) is 4.08. The number of ketones is 1. The van der Waals surface area contributed by atoms with Gasteiger partial charge in [-0.3, -0.25) is 9.78 Å². The van der Waals surface area contributed by atoms with Gasteiger partial charge in [0.2, 0.25) is 0 Å². The third-order valence-electron chi connectivity index (χ3n) is 3.61. The van der Waals surface area contributed by atoms with Crippen LogP contribution in [0.25, 0.3) is 0 Å². The van der Waals surface area contributed by atoms with Crippen LogP contribution in [-0.2, 0) is 6.42 Å². The van der Waals surface area contributed by atoms with Gasteiger partial charge in [-0.1, -0.05) is 5.21 Å². The van der Waals surface area contributed by atoms with Crippen molar-refractivity contribution in [2.24, 2.45) is 0 Å². The lowest BCUT2D eigenvalue weighted by Crippen LogP contribution is -2.29. The van der Waals surface area contributed by atoms with Crippen LogP contribution < -0.4 is 5.32 Å². The third kappa shape index (κ3) is 3.54. The molecule has 2 aromatic heterocycles. The van der Waals surface area contributed by atoms with E-state index in [2.05, 4.69) is 36.5 Å². The molecule has 0 saturated carbocycles. The number of hydrogen-bond donors (Lipinski definition) is 1. The number of halogens is 1. The van der Waals surface area contributed by atoms with E-state index in [0.717, 1.165) is 36.1 Å². The van der Waals surface area contributed by atoms with Gasteiger partial charge in [0.1, 0.15) is 5.69 Å². The number of pyridine rings is 1. The summed E-state index contributed by atoms with van der Waals surface area (Å²) < 4.78 is 2.72. The topological polar surface area (TPSA) is 72.7 Å². The molecule has 2 aromatic rings. The fourth-order valence-electron chi connectivity index (χ4n) is 2.42. The van der Waals surface area contributed by atoms with Crippen molar-refractivity contribution in [1.82, 2.24) is 25.3 Å². The highest BCUT2D eigenvalue weighted by molar-refractivity contribution is 9.10. The number of carbonyl (C=O) groups is 1. The summed E-state index contributed by atoms with van der Waals surface area (Å²) >= 11 is 3.33. The summed E-state index contributed by atoms with van der Waals surface area (Å²) in [6.45, 7) is 1.97. The predicted molar refractivity (Wildman–Crippen MR) is 81.1 cm³/mol. The molecule has 0 spiro atoms. The van der Waals surface area contributed by atoms with Crippen LogP contribution in [-0.4, -0.2) is 38.9 Å². The lowest BCUT2D eigenvalue weighted by atomic mass is 10.1. The lowest BCUT2D eigenvalue weighted by Gasteiger charge is -2.22. The smallest absolute Gasteiger partial charge is 0.190 e. The van der Waals surface area contributed by atoms with Crippen LogP contribution in [0.4, 0.5) is 0 Å². The zero-order valence-electron chi connectivity index (χ0n) is 11.5. The molecular weight excluding hydrogens is 334 g/mol. The van der Waals surface area contributed by atoms with Crippen molar-refractivity contribution in [1.29, 1.82) is 0 Å². The zero-order chi connectivity index (χ0) is 14.7. The van der Waals surface area contributed by atoms with Gasteiger partial charge in [-0.2, -0.15) is 0 Å². The number of piperidine rings is 1. The zero-order valence-corrected chi connectivity index (χ0v) is 13.1. The average molecular weight is 350 g/mol. The van der Waals surface area contributed by atoms with Crippen LogP contribution in [0.15, 0.2) is 29.0 Å². The standard InChI is InChI=1S/C14H16BrN5O/c15-10-1-2-11(17-8-10)7-14(21)13-9-20(19-18-13)12-3-5-16-6-4-12/h1-2,8-9,12,16H,3-7H2. The minimum absolute atomic E-state index is 0.0509. The minimum atomic E-state index is -0.0509. The Hall–Kier alpha value is -1.60. The van der Waals surface area contributed by atoms with Crippen LogP contribution >= 0.6 is 15.9 Å². The van der Waals surface area contributed by atoms with Gasteiger partial charge in [-0.25, -0.2) is 4.68 Å². The first kappa shape index (κ1) is 14.3. The summed E-state index contributed by atoms with van der Waals surface area (Å²) in [5, 5.41) is 11.4. The monoisotopic (exact) mass is 349 g/mol. The molecule has 6 nitrogen and oxygen atoms in total. The molecule has 0 atom stereocenters. The second kappa shape index (κ2) is 6.44. The number of rotatable bonds is 4. The fourth-order valence-corrected chi connectivity index (χ4v) is 2.65. The van der Waals surface area contributed by atoms with Gasteiger partial charge in [0.15, 0.2) is 5.78 Å². The van der Waals surface area contributed by atoms with Crippen molar-refractivity contribution in [3.05, 3.63) is 40.4 Å². The SMILES string of the molecule is O=C(Cc1ccc(Br)cn1)c1cn(C2CCNCC2)nn1. The summed E-state index contributed by atoms with van der Waals surface area (Å²) in [6, 6.07) is 4.05. The molecule has 0 aromatic carbocycles. The maximum atomic E-state index is 12.2. The molecule has 0 aliphatic carbocycles. The Bertz CT molecular complexity index is 619. The van der Waals surface area contributed by atoms with Gasteiger partial charge >= 0.3 is 0 Å². The Morgan fingerprint density at radius 1 is 1.38 bits per heavy atom. The Morgan fingerprint density at radius 3 is 2.90 bits per heavy atom. The van der Waals surface area contributed by atoms with E-state index in [0.29, 0.717) is 11.7 Å². The van der Waals surface area contributed by atoms with Crippen LogP contribution in [0.1, 0.15) is 35.1 Å². The first-order chi connectivity index (χ1) is 10.2. The largest absolute Gasteiger partial charge is 0.317 e. The molecule has 0 bridgehead atoms. The molecule has 0 amide bonds. The summed E-state index contributed by atoms with van der Waals surface area (Å²) in [5.74, 6) is -0.0509. The Labute approximate surface area is 131 Å². The average Bonchev–Trinajstić information content (AvgIpc) is 3.00. The van der Waals surface area contributed by atoms with Crippen LogP contribution in [0, 0.1) is 0 Å². The molecule has 0 radical (unpaired) electrons. The number of nitrogens with one attached hydrogen (secondary N) is 1. The van der Waals surface area contributed by atoms with Crippen LogP contribution in [0.3, 0.4) is 0 Å². The molecule has 1 N–H and O–H groups in total. The Balaban J connectivity index is 1.67. The highest BCUT2D eigenvalue weighted by atomic mass is 79.9. The van der Waals surface area contributed by atoms with Crippen LogP contribution in [0.2, 0.25) is 0 Å². The van der Waals surface area contributed by atoms with Crippen molar-refractivity contribution in [2.45, 2.75) is 25.3 Å². The molecule has 3 rings (SSSR count). The first-order valence-electron chi connectivity index (χ1n) is 6.98. The van der Waals surface area contributed by atoms with E-state index >= 15 is 0 Å². The number of hydrogen-bond acceptors (Lipinski definition) is 5. The Morgan fingerprint density at radius 2 is 2.19 bits per heavy atom. The fraction of sp³-hybridized carbons (Fsp3) is 0.429. The highest BCUT2D eigenvalue weighted by Gasteiger charge is 2.19. The number of carbonyl (C=O) groups excluding carboxylic acids is 1. The predicted octanol–water partition coefficient (Wildman–Crippen LogP) is 1.79. The van der Waals surface area contributed by atoms with Crippen molar-refractivity contribution >= 4 is 21.7 Å². The number of nitrogens with zero attached hydrogens (tertiary/aromatic N) is 4.